The molecule has 1 aromatic rings. The van der Waals surface area contributed by atoms with E-state index in [-0.39, 0.29) is 18.1 Å². The molecular weight excluding hydrogens is 420 g/mol. The summed E-state index contributed by atoms with van der Waals surface area (Å²) in [7, 11) is 0. The largest absolute Gasteiger partial charge is 0.508 e. The third kappa shape index (κ3) is 8.16. The second-order valence-electron chi connectivity index (χ2n) is 7.67. The van der Waals surface area contributed by atoms with Crippen molar-refractivity contribution in [2.24, 2.45) is 11.7 Å². The predicted octanol–water partition coefficient (Wildman–Crippen LogP) is -1.14. The molecule has 0 saturated carbocycles. The molecule has 0 spiro atoms. The van der Waals surface area contributed by atoms with E-state index in [1.807, 2.05) is 6.92 Å². The highest BCUT2D eigenvalue weighted by atomic mass is 16.4. The van der Waals surface area contributed by atoms with Crippen LogP contribution in [0.25, 0.3) is 0 Å². The number of aliphatic carboxylic acids is 1. The van der Waals surface area contributed by atoms with Crippen molar-refractivity contribution in [2.45, 2.75) is 57.8 Å². The van der Waals surface area contributed by atoms with Gasteiger partial charge in [-0.15, -0.1) is 0 Å². The van der Waals surface area contributed by atoms with Gasteiger partial charge in [-0.25, -0.2) is 4.79 Å². The van der Waals surface area contributed by atoms with Gasteiger partial charge >= 0.3 is 5.97 Å². The normalized spacial score (nSPS) is 15.5. The summed E-state index contributed by atoms with van der Waals surface area (Å²) in [6.07, 6.45) is 0.467. The topological polar surface area (TPSA) is 191 Å². The number of carbonyl (C=O) groups excluding carboxylic acids is 3. The number of carboxylic acid groups (broad SMARTS) is 1. The molecule has 0 bridgehead atoms. The molecular formula is C21H32N4O7. The van der Waals surface area contributed by atoms with Gasteiger partial charge < -0.3 is 37.0 Å². The maximum absolute atomic E-state index is 12.7. The van der Waals surface area contributed by atoms with Crippen molar-refractivity contribution in [3.05, 3.63) is 29.8 Å². The Labute approximate surface area is 186 Å². The third-order valence-electron chi connectivity index (χ3n) is 5.01. The van der Waals surface area contributed by atoms with Gasteiger partial charge in [-0.1, -0.05) is 32.4 Å². The maximum Gasteiger partial charge on any atom is 0.326 e. The second-order valence-corrected chi connectivity index (χ2v) is 7.67. The Kier molecular flexibility index (Phi) is 10.6. The Morgan fingerprint density at radius 2 is 1.50 bits per heavy atom. The number of carbonyl (C=O) groups is 4. The van der Waals surface area contributed by atoms with Crippen LogP contribution in [-0.2, 0) is 25.6 Å². The Morgan fingerprint density at radius 3 is 1.97 bits per heavy atom. The number of phenols is 1. The summed E-state index contributed by atoms with van der Waals surface area (Å²) >= 11 is 0. The molecule has 0 aliphatic heterocycles. The summed E-state index contributed by atoms with van der Waals surface area (Å²) in [4.78, 5) is 48.8. The summed E-state index contributed by atoms with van der Waals surface area (Å²) in [5.41, 5.74) is 6.09. The van der Waals surface area contributed by atoms with Crippen LogP contribution in [0.1, 0.15) is 32.8 Å². The number of aliphatic hydroxyl groups is 1. The Bertz CT molecular complexity index is 798. The molecule has 32 heavy (non-hydrogen) atoms. The molecule has 0 fully saturated rings. The first kappa shape index (κ1) is 26.9. The molecule has 0 radical (unpaired) electrons. The molecule has 0 saturated heterocycles. The van der Waals surface area contributed by atoms with Crippen molar-refractivity contribution in [3.8, 4) is 5.75 Å². The molecule has 3 amide bonds. The van der Waals surface area contributed by atoms with Gasteiger partial charge in [0.1, 0.15) is 23.9 Å². The van der Waals surface area contributed by atoms with Gasteiger partial charge in [-0.05, 0) is 30.5 Å². The van der Waals surface area contributed by atoms with E-state index in [2.05, 4.69) is 16.0 Å². The van der Waals surface area contributed by atoms with Crippen molar-refractivity contribution in [2.75, 3.05) is 6.61 Å². The van der Waals surface area contributed by atoms with Crippen LogP contribution < -0.4 is 21.7 Å². The van der Waals surface area contributed by atoms with Crippen LogP contribution in [0.15, 0.2) is 24.3 Å². The molecule has 11 heteroatoms. The summed E-state index contributed by atoms with van der Waals surface area (Å²) in [6, 6.07) is 1.21. The first-order chi connectivity index (χ1) is 15.0. The average molecular weight is 453 g/mol. The zero-order valence-electron chi connectivity index (χ0n) is 18.4. The van der Waals surface area contributed by atoms with E-state index in [4.69, 9.17) is 5.73 Å². The number of amides is 3. The zero-order valence-corrected chi connectivity index (χ0v) is 18.4. The minimum atomic E-state index is -1.43. The molecule has 1 aromatic carbocycles. The first-order valence-corrected chi connectivity index (χ1v) is 10.3. The highest BCUT2D eigenvalue weighted by molar-refractivity contribution is 5.94. The molecule has 5 unspecified atom stereocenters. The van der Waals surface area contributed by atoms with Crippen LogP contribution in [0.5, 0.6) is 5.75 Å². The number of nitrogens with two attached hydrogens (primary N) is 1. The van der Waals surface area contributed by atoms with Crippen LogP contribution in [0, 0.1) is 5.92 Å². The zero-order chi connectivity index (χ0) is 24.4. The van der Waals surface area contributed by atoms with Crippen molar-refractivity contribution < 1.29 is 34.5 Å². The lowest BCUT2D eigenvalue weighted by molar-refractivity contribution is -0.142. The minimum absolute atomic E-state index is 0.0136. The van der Waals surface area contributed by atoms with E-state index in [0.29, 0.717) is 12.0 Å². The fraction of sp³-hybridized carbons (Fsp3) is 0.524. The monoisotopic (exact) mass is 452 g/mol. The van der Waals surface area contributed by atoms with Crippen LogP contribution in [0.2, 0.25) is 0 Å². The van der Waals surface area contributed by atoms with E-state index in [1.165, 1.54) is 31.2 Å². The minimum Gasteiger partial charge on any atom is -0.508 e. The maximum atomic E-state index is 12.7. The summed E-state index contributed by atoms with van der Waals surface area (Å²) in [5.74, 6) is -3.73. The summed E-state index contributed by atoms with van der Waals surface area (Å²) in [5, 5.41) is 35.6. The lowest BCUT2D eigenvalue weighted by Crippen LogP contribution is -2.59. The van der Waals surface area contributed by atoms with Gasteiger partial charge in [-0.2, -0.15) is 0 Å². The Balaban J connectivity index is 2.88. The van der Waals surface area contributed by atoms with Crippen LogP contribution in [0.4, 0.5) is 0 Å². The molecule has 5 atom stereocenters. The van der Waals surface area contributed by atoms with Gasteiger partial charge in [0.15, 0.2) is 0 Å². The van der Waals surface area contributed by atoms with Crippen molar-refractivity contribution in [1.82, 2.24) is 16.0 Å². The predicted molar refractivity (Wildman–Crippen MR) is 115 cm³/mol. The number of hydrogen-bond donors (Lipinski definition) is 7. The van der Waals surface area contributed by atoms with E-state index >= 15 is 0 Å². The molecule has 11 nitrogen and oxygen atoms in total. The van der Waals surface area contributed by atoms with Gasteiger partial charge in [0.2, 0.25) is 17.7 Å². The van der Waals surface area contributed by atoms with Gasteiger partial charge in [0, 0.05) is 6.42 Å². The van der Waals surface area contributed by atoms with Crippen molar-refractivity contribution in [3.63, 3.8) is 0 Å². The molecule has 0 aliphatic rings. The Hall–Kier alpha value is -3.18. The molecule has 0 heterocycles. The lowest BCUT2D eigenvalue weighted by Gasteiger charge is -2.27. The molecule has 8 N–H and O–H groups in total. The Morgan fingerprint density at radius 1 is 0.938 bits per heavy atom. The van der Waals surface area contributed by atoms with Crippen molar-refractivity contribution in [1.29, 1.82) is 0 Å². The number of aromatic hydroxyl groups is 1. The number of rotatable bonds is 12. The number of phenolic OH excluding ortho intramolecular Hbond substituents is 1. The van der Waals surface area contributed by atoms with Crippen LogP contribution in [0.3, 0.4) is 0 Å². The number of nitrogens with one attached hydrogen (secondary N) is 3. The van der Waals surface area contributed by atoms with E-state index < -0.39 is 54.5 Å². The average Bonchev–Trinajstić information content (AvgIpc) is 2.75. The number of hydrogen-bond acceptors (Lipinski definition) is 7. The first-order valence-electron chi connectivity index (χ1n) is 10.3. The van der Waals surface area contributed by atoms with Gasteiger partial charge in [0.25, 0.3) is 0 Å². The molecule has 0 aromatic heterocycles. The number of benzene rings is 1. The van der Waals surface area contributed by atoms with E-state index in [0.717, 1.165) is 0 Å². The quantitative estimate of drug-likeness (QED) is 0.207. The fourth-order valence-electron chi connectivity index (χ4n) is 2.78. The lowest BCUT2D eigenvalue weighted by atomic mass is 9.97. The SMILES string of the molecule is CCC(C)C(NC(=O)C(C)N)C(=O)NC(CO)C(=O)NC(Cc1ccc(O)cc1)C(=O)O. The van der Waals surface area contributed by atoms with Crippen LogP contribution in [-0.4, -0.2) is 69.8 Å². The fourth-order valence-corrected chi connectivity index (χ4v) is 2.78. The molecule has 0 aliphatic carbocycles. The van der Waals surface area contributed by atoms with Gasteiger partial charge in [-0.3, -0.25) is 14.4 Å². The van der Waals surface area contributed by atoms with E-state index in [1.54, 1.807) is 6.92 Å². The number of aliphatic hydroxyl groups excluding tert-OH is 1. The van der Waals surface area contributed by atoms with Gasteiger partial charge in [0.05, 0.1) is 12.6 Å². The third-order valence-corrected chi connectivity index (χ3v) is 5.01. The molecule has 178 valence electrons. The summed E-state index contributed by atoms with van der Waals surface area (Å²) < 4.78 is 0. The highest BCUT2D eigenvalue weighted by Crippen LogP contribution is 2.12. The smallest absolute Gasteiger partial charge is 0.326 e. The molecule has 1 rings (SSSR count). The summed E-state index contributed by atoms with van der Waals surface area (Å²) in [6.45, 7) is 4.24. The second kappa shape index (κ2) is 12.6. The van der Waals surface area contributed by atoms with Crippen molar-refractivity contribution >= 4 is 23.7 Å². The van der Waals surface area contributed by atoms with E-state index in [9.17, 15) is 34.5 Å². The van der Waals surface area contributed by atoms with Crippen LogP contribution >= 0.6 is 0 Å². The standard InChI is InChI=1S/C21H32N4O7/c1-4-11(2)17(25-18(28)12(3)22)20(30)24-16(10-26)19(29)23-15(21(31)32)9-13-5-7-14(27)8-6-13/h5-8,11-12,15-17,26-27H,4,9-10,22H2,1-3H3,(H,23,29)(H,24,30)(H,25,28)(H,31,32). The highest BCUT2D eigenvalue weighted by Gasteiger charge is 2.31. The number of carboxylic acids is 1.